The number of rotatable bonds is 6. The molecule has 104 valence electrons. The molecule has 0 aromatic carbocycles. The first kappa shape index (κ1) is 14.3. The van der Waals surface area contributed by atoms with Crippen LogP contribution in [0.25, 0.3) is 11.5 Å². The van der Waals surface area contributed by atoms with Crippen molar-refractivity contribution in [2.45, 2.75) is 17.3 Å². The van der Waals surface area contributed by atoms with E-state index in [0.29, 0.717) is 17.5 Å². The number of hydrogen-bond acceptors (Lipinski definition) is 5. The van der Waals surface area contributed by atoms with E-state index in [-0.39, 0.29) is 11.2 Å². The molecule has 2 heterocycles. The first-order chi connectivity index (χ1) is 9.70. The van der Waals surface area contributed by atoms with Gasteiger partial charge < -0.3 is 5.32 Å². The highest BCUT2D eigenvalue weighted by Gasteiger charge is 2.16. The summed E-state index contributed by atoms with van der Waals surface area (Å²) < 4.78 is 0. The Morgan fingerprint density at radius 2 is 2.45 bits per heavy atom. The van der Waals surface area contributed by atoms with Crippen LogP contribution in [0.1, 0.15) is 6.92 Å². The Labute approximate surface area is 121 Å². The van der Waals surface area contributed by atoms with Crippen LogP contribution in [0.15, 0.2) is 42.2 Å². The number of nitrogens with one attached hydrogen (secondary N) is 2. The monoisotopic (exact) mass is 289 g/mol. The highest BCUT2D eigenvalue weighted by molar-refractivity contribution is 8.00. The summed E-state index contributed by atoms with van der Waals surface area (Å²) in [6, 6.07) is 5.56. The van der Waals surface area contributed by atoms with Crippen LogP contribution in [0.5, 0.6) is 0 Å². The topological polar surface area (TPSA) is 83.6 Å². The smallest absolute Gasteiger partial charge is 0.233 e. The van der Waals surface area contributed by atoms with Crippen molar-refractivity contribution >= 4 is 17.7 Å². The summed E-state index contributed by atoms with van der Waals surface area (Å²) in [5, 5.41) is 9.88. The van der Waals surface area contributed by atoms with Gasteiger partial charge in [-0.1, -0.05) is 23.9 Å². The third-order valence-corrected chi connectivity index (χ3v) is 3.41. The van der Waals surface area contributed by atoms with Gasteiger partial charge in [-0.15, -0.1) is 11.7 Å². The third kappa shape index (κ3) is 3.67. The Hall–Kier alpha value is -2.15. The highest BCUT2D eigenvalue weighted by Crippen LogP contribution is 2.21. The van der Waals surface area contributed by atoms with E-state index >= 15 is 0 Å². The Bertz CT molecular complexity index is 583. The van der Waals surface area contributed by atoms with Crippen LogP contribution in [-0.2, 0) is 4.79 Å². The maximum absolute atomic E-state index is 11.7. The van der Waals surface area contributed by atoms with Crippen molar-refractivity contribution in [3.05, 3.63) is 37.1 Å². The lowest BCUT2D eigenvalue weighted by molar-refractivity contribution is -0.120. The van der Waals surface area contributed by atoms with Crippen LogP contribution >= 0.6 is 11.8 Å². The molecule has 7 heteroatoms. The molecule has 0 spiro atoms. The lowest BCUT2D eigenvalue weighted by Gasteiger charge is -2.07. The summed E-state index contributed by atoms with van der Waals surface area (Å²) in [5.74, 6) is 0.519. The average Bonchev–Trinajstić information content (AvgIpc) is 2.94. The Balaban J connectivity index is 1.99. The summed E-state index contributed by atoms with van der Waals surface area (Å²) in [7, 11) is 0. The number of H-pyrrole nitrogens is 1. The number of amides is 1. The van der Waals surface area contributed by atoms with Gasteiger partial charge in [-0.25, -0.2) is 0 Å². The van der Waals surface area contributed by atoms with Crippen molar-refractivity contribution in [2.75, 3.05) is 6.54 Å². The van der Waals surface area contributed by atoms with E-state index in [1.165, 1.54) is 11.8 Å². The Morgan fingerprint density at radius 1 is 1.60 bits per heavy atom. The molecule has 2 aromatic rings. The average molecular weight is 289 g/mol. The normalized spacial score (nSPS) is 11.8. The second kappa shape index (κ2) is 6.85. The summed E-state index contributed by atoms with van der Waals surface area (Å²) >= 11 is 1.29. The van der Waals surface area contributed by atoms with Crippen molar-refractivity contribution < 1.29 is 4.79 Å². The lowest BCUT2D eigenvalue weighted by Crippen LogP contribution is -2.30. The van der Waals surface area contributed by atoms with Gasteiger partial charge in [0.1, 0.15) is 5.69 Å². The number of carbonyl (C=O) groups is 1. The van der Waals surface area contributed by atoms with Gasteiger partial charge in [0.05, 0.1) is 5.25 Å². The number of hydrogen-bond donors (Lipinski definition) is 2. The lowest BCUT2D eigenvalue weighted by atomic mass is 10.3. The number of carbonyl (C=O) groups excluding carboxylic acids is 1. The minimum atomic E-state index is -0.276. The molecule has 1 amide bonds. The second-order valence-electron chi connectivity index (χ2n) is 3.98. The van der Waals surface area contributed by atoms with E-state index in [9.17, 15) is 4.79 Å². The van der Waals surface area contributed by atoms with Crippen LogP contribution < -0.4 is 5.32 Å². The van der Waals surface area contributed by atoms with E-state index in [4.69, 9.17) is 0 Å². The zero-order valence-electron chi connectivity index (χ0n) is 11.0. The van der Waals surface area contributed by atoms with Gasteiger partial charge in [0.25, 0.3) is 0 Å². The van der Waals surface area contributed by atoms with Crippen LogP contribution in [0.2, 0.25) is 0 Å². The molecule has 1 atom stereocenters. The first-order valence-electron chi connectivity index (χ1n) is 6.09. The van der Waals surface area contributed by atoms with Crippen molar-refractivity contribution in [2.24, 2.45) is 0 Å². The fourth-order valence-corrected chi connectivity index (χ4v) is 2.19. The highest BCUT2D eigenvalue weighted by atomic mass is 32.2. The molecule has 20 heavy (non-hydrogen) atoms. The van der Waals surface area contributed by atoms with E-state index in [0.717, 1.165) is 5.69 Å². The molecule has 1 unspecified atom stereocenters. The largest absolute Gasteiger partial charge is 0.352 e. The molecule has 2 rings (SSSR count). The van der Waals surface area contributed by atoms with Crippen molar-refractivity contribution in [3.63, 3.8) is 0 Å². The molecule has 0 radical (unpaired) electrons. The summed E-state index contributed by atoms with van der Waals surface area (Å²) in [5.41, 5.74) is 0.718. The van der Waals surface area contributed by atoms with Gasteiger partial charge in [0.2, 0.25) is 11.1 Å². The van der Waals surface area contributed by atoms with E-state index < -0.39 is 0 Å². The molecule has 0 saturated carbocycles. The van der Waals surface area contributed by atoms with Gasteiger partial charge in [-0.3, -0.25) is 14.9 Å². The zero-order chi connectivity index (χ0) is 14.4. The molecule has 0 aliphatic heterocycles. The maximum Gasteiger partial charge on any atom is 0.233 e. The Kier molecular flexibility index (Phi) is 4.89. The number of aromatic amines is 1. The van der Waals surface area contributed by atoms with Gasteiger partial charge in [-0.05, 0) is 19.1 Å². The maximum atomic E-state index is 11.7. The molecule has 0 bridgehead atoms. The quantitative estimate of drug-likeness (QED) is 0.624. The predicted octanol–water partition coefficient (Wildman–Crippen LogP) is 1.65. The van der Waals surface area contributed by atoms with Crippen LogP contribution in [0.4, 0.5) is 0 Å². The second-order valence-corrected chi connectivity index (χ2v) is 5.28. The van der Waals surface area contributed by atoms with E-state index in [2.05, 4.69) is 32.1 Å². The third-order valence-electron chi connectivity index (χ3n) is 2.44. The molecule has 0 aliphatic rings. The molecule has 0 saturated heterocycles. The van der Waals surface area contributed by atoms with E-state index in [1.807, 2.05) is 18.2 Å². The number of thioether (sulfide) groups is 1. The van der Waals surface area contributed by atoms with Gasteiger partial charge >= 0.3 is 0 Å². The summed E-state index contributed by atoms with van der Waals surface area (Å²) in [6.07, 6.45) is 3.33. The minimum absolute atomic E-state index is 0.0703. The van der Waals surface area contributed by atoms with Crippen LogP contribution in [0, 0.1) is 0 Å². The standard InChI is InChI=1S/C13H15N5OS/c1-3-7-15-12(19)9(2)20-13-16-11(17-18-13)10-6-4-5-8-14-10/h3-6,8-9H,1,7H2,2H3,(H,15,19)(H,16,17,18). The summed E-state index contributed by atoms with van der Waals surface area (Å²) in [4.78, 5) is 20.2. The predicted molar refractivity (Wildman–Crippen MR) is 78.1 cm³/mol. The fourth-order valence-electron chi connectivity index (χ4n) is 1.44. The van der Waals surface area contributed by atoms with Crippen molar-refractivity contribution in [1.82, 2.24) is 25.5 Å². The zero-order valence-corrected chi connectivity index (χ0v) is 11.9. The van der Waals surface area contributed by atoms with Crippen LogP contribution in [0.3, 0.4) is 0 Å². The molecule has 6 nitrogen and oxygen atoms in total. The molecule has 0 fully saturated rings. The number of pyridine rings is 1. The van der Waals surface area contributed by atoms with Crippen molar-refractivity contribution in [3.8, 4) is 11.5 Å². The number of nitrogens with zero attached hydrogens (tertiary/aromatic N) is 3. The minimum Gasteiger partial charge on any atom is -0.352 e. The molecule has 2 N–H and O–H groups in total. The SMILES string of the molecule is C=CCNC(=O)C(C)Sc1n[nH]c(-c2ccccn2)n1. The van der Waals surface area contributed by atoms with E-state index in [1.54, 1.807) is 19.2 Å². The fraction of sp³-hybridized carbons (Fsp3) is 0.231. The molecule has 0 aliphatic carbocycles. The van der Waals surface area contributed by atoms with Gasteiger partial charge in [-0.2, -0.15) is 4.98 Å². The molecular formula is C13H15N5OS. The van der Waals surface area contributed by atoms with Crippen molar-refractivity contribution in [1.29, 1.82) is 0 Å². The van der Waals surface area contributed by atoms with Crippen LogP contribution in [-0.4, -0.2) is 37.9 Å². The van der Waals surface area contributed by atoms with Gasteiger partial charge in [0, 0.05) is 12.7 Å². The molecular weight excluding hydrogens is 274 g/mol. The molecule has 2 aromatic heterocycles. The first-order valence-corrected chi connectivity index (χ1v) is 6.97. The Morgan fingerprint density at radius 3 is 3.15 bits per heavy atom. The summed E-state index contributed by atoms with van der Waals surface area (Å²) in [6.45, 7) is 5.82. The number of aromatic nitrogens is 4. The van der Waals surface area contributed by atoms with Gasteiger partial charge in [0.15, 0.2) is 5.82 Å².